The predicted octanol–water partition coefficient (Wildman–Crippen LogP) is 0.472. The van der Waals surface area contributed by atoms with Crippen molar-refractivity contribution < 1.29 is 17.2 Å². The lowest BCUT2D eigenvalue weighted by atomic mass is 10.5. The summed E-state index contributed by atoms with van der Waals surface area (Å²) in [7, 11) is -4.31. The first-order chi connectivity index (χ1) is 3.95. The van der Waals surface area contributed by atoms with Gasteiger partial charge in [0, 0.05) is 0 Å². The fraction of sp³-hybridized carbons (Fsp3) is 1.00. The minimum Gasteiger partial charge on any atom is -0.263 e. The van der Waals surface area contributed by atoms with Crippen molar-refractivity contribution in [2.75, 3.05) is 0 Å². The summed E-state index contributed by atoms with van der Waals surface area (Å²) in [6, 6.07) is 0. The molecule has 9 heavy (non-hydrogen) atoms. The van der Waals surface area contributed by atoms with Gasteiger partial charge in [-0.15, -0.1) is 12.6 Å². The maximum absolute atomic E-state index is 9.88. The second kappa shape index (κ2) is 3.40. The molecule has 0 spiro atoms. The van der Waals surface area contributed by atoms with Gasteiger partial charge in [-0.05, 0) is 6.42 Å². The normalized spacial score (nSPS) is 15.4. The molecule has 1 N–H and O–H groups in total. The number of rotatable bonds is 3. The largest absolute Gasteiger partial charge is 0.398 e. The summed E-state index contributed by atoms with van der Waals surface area (Å²) in [5, 5.41) is 0. The minimum absolute atomic E-state index is 0.420. The lowest BCUT2D eigenvalue weighted by Crippen LogP contribution is -2.10. The molecule has 0 saturated carbocycles. The smallest absolute Gasteiger partial charge is 0.263 e. The number of hydrogen-bond donors (Lipinski definition) is 2. The van der Waals surface area contributed by atoms with Gasteiger partial charge in [0.15, 0.2) is 0 Å². The van der Waals surface area contributed by atoms with Crippen molar-refractivity contribution in [3.63, 3.8) is 0 Å². The summed E-state index contributed by atoms with van der Waals surface area (Å²) in [5.74, 6) is 0. The van der Waals surface area contributed by atoms with Crippen molar-refractivity contribution in [3.8, 4) is 0 Å². The van der Waals surface area contributed by atoms with Crippen molar-refractivity contribution in [3.05, 3.63) is 0 Å². The van der Waals surface area contributed by atoms with Crippen LogP contribution in [0.2, 0.25) is 0 Å². The van der Waals surface area contributed by atoms with Gasteiger partial charge in [-0.25, -0.2) is 4.18 Å². The highest BCUT2D eigenvalue weighted by Crippen LogP contribution is 2.04. The van der Waals surface area contributed by atoms with E-state index in [9.17, 15) is 8.42 Å². The Hall–Kier alpha value is 0.220. The zero-order chi connectivity index (χ0) is 7.49. The van der Waals surface area contributed by atoms with Crippen LogP contribution in [-0.2, 0) is 14.6 Å². The quantitative estimate of drug-likeness (QED) is 0.369. The molecule has 0 rings (SSSR count). The minimum atomic E-state index is -4.31. The molecular weight excluding hydrogens is 164 g/mol. The van der Waals surface area contributed by atoms with E-state index >= 15 is 0 Å². The van der Waals surface area contributed by atoms with E-state index in [0.29, 0.717) is 6.42 Å². The van der Waals surface area contributed by atoms with Crippen LogP contribution in [0.1, 0.15) is 13.3 Å². The lowest BCUT2D eigenvalue weighted by molar-refractivity contribution is 0.247. The molecule has 0 aliphatic rings. The molecule has 1 unspecified atom stereocenters. The van der Waals surface area contributed by atoms with Crippen molar-refractivity contribution in [2.24, 2.45) is 0 Å². The molecule has 1 atom stereocenters. The van der Waals surface area contributed by atoms with Crippen LogP contribution >= 0.6 is 12.6 Å². The lowest BCUT2D eigenvalue weighted by Gasteiger charge is -2.03. The van der Waals surface area contributed by atoms with Crippen LogP contribution in [-0.4, -0.2) is 18.4 Å². The van der Waals surface area contributed by atoms with Gasteiger partial charge < -0.3 is 0 Å². The maximum Gasteiger partial charge on any atom is 0.398 e. The van der Waals surface area contributed by atoms with Crippen LogP contribution in [0, 0.1) is 0 Å². The van der Waals surface area contributed by atoms with E-state index < -0.39 is 15.8 Å². The number of hydrogen-bond acceptors (Lipinski definition) is 4. The van der Waals surface area contributed by atoms with E-state index in [1.165, 1.54) is 0 Å². The average Bonchev–Trinajstić information content (AvgIpc) is 1.62. The van der Waals surface area contributed by atoms with Crippen molar-refractivity contribution in [1.82, 2.24) is 0 Å². The van der Waals surface area contributed by atoms with Gasteiger partial charge in [0.05, 0.1) is 0 Å². The average molecular weight is 172 g/mol. The van der Waals surface area contributed by atoms with Crippen LogP contribution in [0.15, 0.2) is 0 Å². The summed E-state index contributed by atoms with van der Waals surface area (Å²) in [5.41, 5.74) is -0.750. The highest BCUT2D eigenvalue weighted by atomic mass is 32.3. The molecule has 0 aromatic heterocycles. The highest BCUT2D eigenvalue weighted by molar-refractivity contribution is 7.83. The van der Waals surface area contributed by atoms with Gasteiger partial charge in [0.1, 0.15) is 5.44 Å². The molecule has 6 heteroatoms. The van der Waals surface area contributed by atoms with Crippen LogP contribution in [0.3, 0.4) is 0 Å². The molecular formula is C3H8O4S2. The Balaban J connectivity index is 3.75. The molecule has 56 valence electrons. The Kier molecular flexibility index (Phi) is 3.49. The highest BCUT2D eigenvalue weighted by Gasteiger charge is 2.09. The molecule has 0 bridgehead atoms. The molecule has 0 aliphatic heterocycles. The zero-order valence-electron chi connectivity index (χ0n) is 4.81. The molecule has 0 radical (unpaired) electrons. The molecule has 0 aromatic rings. The monoisotopic (exact) mass is 172 g/mol. The first-order valence-electron chi connectivity index (χ1n) is 2.29. The second-order valence-corrected chi connectivity index (χ2v) is 3.01. The fourth-order valence-corrected chi connectivity index (χ4v) is 0.952. The summed E-state index contributed by atoms with van der Waals surface area (Å²) < 4.78 is 31.8. The molecule has 4 nitrogen and oxygen atoms in total. The first-order valence-corrected chi connectivity index (χ1v) is 4.17. The van der Waals surface area contributed by atoms with E-state index in [2.05, 4.69) is 16.8 Å². The maximum atomic E-state index is 9.88. The van der Waals surface area contributed by atoms with Crippen LogP contribution < -0.4 is 0 Å². The Morgan fingerprint density at radius 1 is 1.78 bits per heavy atom. The molecule has 0 saturated heterocycles. The van der Waals surface area contributed by atoms with Crippen molar-refractivity contribution in [1.29, 1.82) is 0 Å². The zero-order valence-corrected chi connectivity index (χ0v) is 6.52. The second-order valence-electron chi connectivity index (χ2n) is 1.39. The third-order valence-corrected chi connectivity index (χ3v) is 1.67. The number of thiol groups is 1. The summed E-state index contributed by atoms with van der Waals surface area (Å²) >= 11 is 3.66. The van der Waals surface area contributed by atoms with Gasteiger partial charge in [0.25, 0.3) is 0 Å². The summed E-state index contributed by atoms with van der Waals surface area (Å²) in [4.78, 5) is 0. The summed E-state index contributed by atoms with van der Waals surface area (Å²) in [6.07, 6.45) is 0.420. The van der Waals surface area contributed by atoms with Gasteiger partial charge in [-0.2, -0.15) is 8.42 Å². The topological polar surface area (TPSA) is 63.6 Å². The van der Waals surface area contributed by atoms with Crippen molar-refractivity contribution >= 4 is 23.0 Å². The van der Waals surface area contributed by atoms with Crippen LogP contribution in [0.25, 0.3) is 0 Å². The van der Waals surface area contributed by atoms with E-state index in [1.54, 1.807) is 6.92 Å². The van der Waals surface area contributed by atoms with Gasteiger partial charge in [0.2, 0.25) is 0 Å². The Labute approximate surface area is 59.6 Å². The van der Waals surface area contributed by atoms with Crippen LogP contribution in [0.5, 0.6) is 0 Å². The van der Waals surface area contributed by atoms with Gasteiger partial charge in [-0.1, -0.05) is 6.92 Å². The molecule has 0 aromatic carbocycles. The third kappa shape index (κ3) is 6.10. The van der Waals surface area contributed by atoms with Gasteiger partial charge in [-0.3, -0.25) is 4.55 Å². The molecule has 0 amide bonds. The van der Waals surface area contributed by atoms with Crippen LogP contribution in [0.4, 0.5) is 0 Å². The first kappa shape index (κ1) is 9.22. The van der Waals surface area contributed by atoms with E-state index in [1.807, 2.05) is 0 Å². The fourth-order valence-electron chi connectivity index (χ4n) is 0.208. The molecule has 0 aliphatic carbocycles. The van der Waals surface area contributed by atoms with Crippen molar-refractivity contribution in [2.45, 2.75) is 18.8 Å². The van der Waals surface area contributed by atoms with E-state index in [0.717, 1.165) is 0 Å². The SMILES string of the molecule is CCC(S)OS(=O)(=O)O. The van der Waals surface area contributed by atoms with E-state index in [4.69, 9.17) is 4.55 Å². The van der Waals surface area contributed by atoms with E-state index in [-0.39, 0.29) is 0 Å². The van der Waals surface area contributed by atoms with Gasteiger partial charge >= 0.3 is 10.4 Å². The predicted molar refractivity (Wildman–Crippen MR) is 35.7 cm³/mol. The molecule has 0 heterocycles. The Morgan fingerprint density at radius 3 is 2.33 bits per heavy atom. The summed E-state index contributed by atoms with van der Waals surface area (Å²) in [6.45, 7) is 1.68. The molecule has 0 fully saturated rings. The Bertz CT molecular complexity index is 161. The Morgan fingerprint density at radius 2 is 2.22 bits per heavy atom. The third-order valence-electron chi connectivity index (χ3n) is 0.582. The standard InChI is InChI=1S/C3H8O4S2/c1-2-3(8)7-9(4,5)6/h3,8H,2H2,1H3,(H,4,5,6).